The first-order chi connectivity index (χ1) is 14.1. The molecule has 0 bridgehead atoms. The molecule has 0 fully saturated rings. The second kappa shape index (κ2) is 8.67. The van der Waals surface area contributed by atoms with Crippen molar-refractivity contribution in [2.75, 3.05) is 17.3 Å². The maximum Gasteiger partial charge on any atom is 0.249 e. The largest absolute Gasteiger partial charge is 0.342 e. The summed E-state index contributed by atoms with van der Waals surface area (Å²) in [7, 11) is 1.78. The highest BCUT2D eigenvalue weighted by Crippen LogP contribution is 2.24. The number of likely N-dealkylation sites (N-methyl/N-ethyl adjacent to an activating group) is 1. The summed E-state index contributed by atoms with van der Waals surface area (Å²) in [5.41, 5.74) is 4.54. The van der Waals surface area contributed by atoms with Crippen molar-refractivity contribution in [1.29, 1.82) is 0 Å². The Morgan fingerprint density at radius 1 is 1.14 bits per heavy atom. The molecular formula is C21H18BrN5OS. The van der Waals surface area contributed by atoms with Crippen molar-refractivity contribution in [2.24, 2.45) is 0 Å². The van der Waals surface area contributed by atoms with E-state index in [1.807, 2.05) is 48.5 Å². The van der Waals surface area contributed by atoms with Gasteiger partial charge in [-0.05, 0) is 39.7 Å². The summed E-state index contributed by atoms with van der Waals surface area (Å²) >= 11 is 4.91. The van der Waals surface area contributed by atoms with E-state index in [1.54, 1.807) is 41.2 Å². The highest BCUT2D eigenvalue weighted by molar-refractivity contribution is 9.10. The summed E-state index contributed by atoms with van der Waals surface area (Å²) in [6.45, 7) is 0. The van der Waals surface area contributed by atoms with Crippen LogP contribution in [-0.2, 0) is 11.2 Å². The van der Waals surface area contributed by atoms with Crippen LogP contribution in [0.1, 0.15) is 5.56 Å². The molecule has 0 saturated carbocycles. The van der Waals surface area contributed by atoms with E-state index in [1.165, 1.54) is 0 Å². The lowest BCUT2D eigenvalue weighted by molar-refractivity contribution is -0.119. The van der Waals surface area contributed by atoms with Crippen molar-refractivity contribution in [3.63, 3.8) is 0 Å². The van der Waals surface area contributed by atoms with Crippen molar-refractivity contribution in [2.45, 2.75) is 12.5 Å². The van der Waals surface area contributed by atoms with Crippen molar-refractivity contribution < 1.29 is 4.79 Å². The molecule has 1 amide bonds. The number of carbonyl (C=O) groups is 1. The van der Waals surface area contributed by atoms with Crippen LogP contribution in [0.4, 0.5) is 11.6 Å². The Kier molecular flexibility index (Phi) is 5.82. The van der Waals surface area contributed by atoms with Gasteiger partial charge in [0.1, 0.15) is 6.04 Å². The van der Waals surface area contributed by atoms with Crippen LogP contribution in [0.25, 0.3) is 10.2 Å². The average molecular weight is 468 g/mol. The number of benzene rings is 2. The topological polar surface area (TPSA) is 71.0 Å². The van der Waals surface area contributed by atoms with Crippen LogP contribution in [0.5, 0.6) is 0 Å². The van der Waals surface area contributed by atoms with Crippen LogP contribution < -0.4 is 10.2 Å². The van der Waals surface area contributed by atoms with Crippen LogP contribution in [0.2, 0.25) is 0 Å². The molecule has 146 valence electrons. The van der Waals surface area contributed by atoms with E-state index in [4.69, 9.17) is 0 Å². The number of rotatable bonds is 6. The van der Waals surface area contributed by atoms with Crippen molar-refractivity contribution >= 4 is 55.0 Å². The van der Waals surface area contributed by atoms with Gasteiger partial charge >= 0.3 is 0 Å². The summed E-state index contributed by atoms with van der Waals surface area (Å²) < 4.78 is 1.87. The van der Waals surface area contributed by atoms with Gasteiger partial charge in [-0.2, -0.15) is 0 Å². The third kappa shape index (κ3) is 4.60. The van der Waals surface area contributed by atoms with Gasteiger partial charge in [-0.15, -0.1) is 11.3 Å². The molecule has 2 aromatic carbocycles. The molecule has 4 aromatic rings. The Bertz CT molecular complexity index is 1120. The van der Waals surface area contributed by atoms with Crippen LogP contribution in [0.15, 0.2) is 70.9 Å². The minimum atomic E-state index is -0.519. The number of aromatic nitrogens is 3. The molecule has 1 atom stereocenters. The highest BCUT2D eigenvalue weighted by atomic mass is 79.9. The van der Waals surface area contributed by atoms with Crippen molar-refractivity contribution in [1.82, 2.24) is 15.0 Å². The molecule has 8 heteroatoms. The van der Waals surface area contributed by atoms with E-state index in [2.05, 4.69) is 36.2 Å². The quantitative estimate of drug-likeness (QED) is 0.450. The molecule has 2 heterocycles. The Morgan fingerprint density at radius 2 is 1.90 bits per heavy atom. The van der Waals surface area contributed by atoms with E-state index >= 15 is 0 Å². The normalized spacial score (nSPS) is 11.9. The number of halogens is 1. The van der Waals surface area contributed by atoms with Gasteiger partial charge in [0.25, 0.3) is 0 Å². The van der Waals surface area contributed by atoms with Crippen molar-refractivity contribution in [3.05, 3.63) is 76.5 Å². The van der Waals surface area contributed by atoms with Crippen LogP contribution in [0, 0.1) is 0 Å². The molecular weight excluding hydrogens is 450 g/mol. The summed E-state index contributed by atoms with van der Waals surface area (Å²) in [4.78, 5) is 27.9. The Labute approximate surface area is 180 Å². The zero-order chi connectivity index (χ0) is 20.2. The number of hydrogen-bond acceptors (Lipinski definition) is 6. The van der Waals surface area contributed by atoms with Crippen LogP contribution >= 0.6 is 27.3 Å². The zero-order valence-corrected chi connectivity index (χ0v) is 18.0. The predicted octanol–water partition coefficient (Wildman–Crippen LogP) is 4.54. The maximum absolute atomic E-state index is 13.4. The Hall–Kier alpha value is -2.84. The number of anilines is 2. The van der Waals surface area contributed by atoms with E-state index in [-0.39, 0.29) is 5.91 Å². The second-order valence-electron chi connectivity index (χ2n) is 6.51. The third-order valence-corrected chi connectivity index (χ3v) is 5.76. The number of carbonyl (C=O) groups excluding carboxylic acids is 1. The maximum atomic E-state index is 13.4. The van der Waals surface area contributed by atoms with Crippen LogP contribution in [-0.4, -0.2) is 33.9 Å². The van der Waals surface area contributed by atoms with Crippen LogP contribution in [0.3, 0.4) is 0 Å². The molecule has 0 unspecified atom stereocenters. The number of hydrogen-bond donors (Lipinski definition) is 1. The standard InChI is InChI=1S/C21H18BrN5OS/c1-27(16-7-8-19-17(10-16)25-13-29-19)20(28)18(9-14-5-3-2-4-6-14)26-21-23-11-15(22)12-24-21/h2-8,10-13,18H,9H2,1H3,(H,23,24,26)/t18-/m0/s1. The molecule has 0 spiro atoms. The number of nitrogens with zero attached hydrogens (tertiary/aromatic N) is 4. The molecule has 2 aromatic heterocycles. The van der Waals surface area contributed by atoms with E-state index in [0.29, 0.717) is 12.4 Å². The molecule has 1 N–H and O–H groups in total. The van der Waals surface area contributed by atoms with E-state index < -0.39 is 6.04 Å². The van der Waals surface area contributed by atoms with Gasteiger partial charge in [0.05, 0.1) is 20.2 Å². The predicted molar refractivity (Wildman–Crippen MR) is 120 cm³/mol. The Balaban J connectivity index is 1.60. The minimum Gasteiger partial charge on any atom is -0.342 e. The lowest BCUT2D eigenvalue weighted by atomic mass is 10.0. The van der Waals surface area contributed by atoms with Gasteiger partial charge in [-0.3, -0.25) is 4.79 Å². The minimum absolute atomic E-state index is 0.0741. The number of fused-ring (bicyclic) bond motifs is 1. The Morgan fingerprint density at radius 3 is 2.66 bits per heavy atom. The van der Waals surface area contributed by atoms with Gasteiger partial charge in [0.2, 0.25) is 11.9 Å². The number of amides is 1. The smallest absolute Gasteiger partial charge is 0.249 e. The summed E-state index contributed by atoms with van der Waals surface area (Å²) in [5.74, 6) is 0.334. The number of thiazole rings is 1. The second-order valence-corrected chi connectivity index (χ2v) is 8.32. The fourth-order valence-electron chi connectivity index (χ4n) is 3.01. The fraction of sp³-hybridized carbons (Fsp3) is 0.143. The van der Waals surface area contributed by atoms with Gasteiger partial charge < -0.3 is 10.2 Å². The van der Waals surface area contributed by atoms with Gasteiger partial charge in [0, 0.05) is 31.5 Å². The summed E-state index contributed by atoms with van der Waals surface area (Å²) in [5, 5.41) is 3.19. The van der Waals surface area contributed by atoms with E-state index in [0.717, 1.165) is 25.9 Å². The summed E-state index contributed by atoms with van der Waals surface area (Å²) in [6.07, 6.45) is 3.82. The first-order valence-corrected chi connectivity index (χ1v) is 10.7. The average Bonchev–Trinajstić information content (AvgIpc) is 3.22. The van der Waals surface area contributed by atoms with Crippen molar-refractivity contribution in [3.8, 4) is 0 Å². The highest BCUT2D eigenvalue weighted by Gasteiger charge is 2.24. The monoisotopic (exact) mass is 467 g/mol. The van der Waals surface area contributed by atoms with Gasteiger partial charge in [0.15, 0.2) is 0 Å². The number of nitrogens with one attached hydrogen (secondary N) is 1. The van der Waals surface area contributed by atoms with E-state index in [9.17, 15) is 4.79 Å². The third-order valence-electron chi connectivity index (χ3n) is 4.54. The zero-order valence-electron chi connectivity index (χ0n) is 15.6. The molecule has 6 nitrogen and oxygen atoms in total. The molecule has 0 saturated heterocycles. The SMILES string of the molecule is CN(C(=O)[C@H](Cc1ccccc1)Nc1ncc(Br)cn1)c1ccc2scnc2c1. The van der Waals surface area contributed by atoms with Gasteiger partial charge in [-0.25, -0.2) is 15.0 Å². The molecule has 0 aliphatic rings. The molecule has 0 aliphatic carbocycles. The molecule has 0 radical (unpaired) electrons. The first kappa shape index (κ1) is 19.5. The lowest BCUT2D eigenvalue weighted by Gasteiger charge is -2.25. The fourth-order valence-corrected chi connectivity index (χ4v) is 3.87. The molecule has 29 heavy (non-hydrogen) atoms. The lowest BCUT2D eigenvalue weighted by Crippen LogP contribution is -2.42. The van der Waals surface area contributed by atoms with Gasteiger partial charge in [-0.1, -0.05) is 30.3 Å². The molecule has 4 rings (SSSR count). The molecule has 0 aliphatic heterocycles. The first-order valence-electron chi connectivity index (χ1n) is 8.99. The summed E-state index contributed by atoms with van der Waals surface area (Å²) in [6, 6.07) is 15.2.